The summed E-state index contributed by atoms with van der Waals surface area (Å²) in [7, 11) is 0. The Morgan fingerprint density at radius 2 is 2.35 bits per heavy atom. The molecule has 0 radical (unpaired) electrons. The third-order valence-corrected chi connectivity index (χ3v) is 4.70. The molecular weight excluding hydrogens is 236 g/mol. The second-order valence-electron chi connectivity index (χ2n) is 4.76. The molecule has 98 valence electrons. The first-order valence-electron chi connectivity index (χ1n) is 6.43. The number of carbonyl (C=O) groups excluding carboxylic acids is 1. The molecule has 3 unspecified atom stereocenters. The van der Waals surface area contributed by atoms with E-state index in [0.717, 1.165) is 24.6 Å². The van der Waals surface area contributed by atoms with Gasteiger partial charge in [-0.15, -0.1) is 0 Å². The standard InChI is InChI=1S/C12H22N2O2S/c1-3-13-11-7-16-6-10(11)12(15)14-4-5-17-8-9(14)2/h9-11,13H,3-8H2,1-2H3. The maximum absolute atomic E-state index is 12.5. The molecule has 2 aliphatic rings. The van der Waals surface area contributed by atoms with Crippen LogP contribution in [0.2, 0.25) is 0 Å². The minimum Gasteiger partial charge on any atom is -0.379 e. The van der Waals surface area contributed by atoms with Gasteiger partial charge in [-0.25, -0.2) is 0 Å². The molecule has 0 aromatic rings. The Kier molecular flexibility index (Phi) is 4.70. The van der Waals surface area contributed by atoms with Gasteiger partial charge in [-0.3, -0.25) is 4.79 Å². The highest BCUT2D eigenvalue weighted by molar-refractivity contribution is 7.99. The van der Waals surface area contributed by atoms with Gasteiger partial charge in [-0.05, 0) is 13.5 Å². The normalized spacial score (nSPS) is 34.0. The van der Waals surface area contributed by atoms with E-state index in [9.17, 15) is 4.79 Å². The Morgan fingerprint density at radius 1 is 1.53 bits per heavy atom. The van der Waals surface area contributed by atoms with Gasteiger partial charge in [-0.1, -0.05) is 6.92 Å². The summed E-state index contributed by atoms with van der Waals surface area (Å²) in [6.45, 7) is 7.24. The van der Waals surface area contributed by atoms with Crippen LogP contribution in [0.15, 0.2) is 0 Å². The Hall–Kier alpha value is -0.260. The molecule has 0 aromatic heterocycles. The van der Waals surface area contributed by atoms with Crippen molar-refractivity contribution in [2.45, 2.75) is 25.9 Å². The number of nitrogens with zero attached hydrogens (tertiary/aromatic N) is 1. The van der Waals surface area contributed by atoms with Gasteiger partial charge < -0.3 is 15.0 Å². The van der Waals surface area contributed by atoms with Crippen LogP contribution in [0.25, 0.3) is 0 Å². The van der Waals surface area contributed by atoms with Crippen molar-refractivity contribution >= 4 is 17.7 Å². The maximum Gasteiger partial charge on any atom is 0.229 e. The first-order valence-corrected chi connectivity index (χ1v) is 7.58. The third kappa shape index (κ3) is 2.95. The van der Waals surface area contributed by atoms with Crippen molar-refractivity contribution in [1.29, 1.82) is 0 Å². The summed E-state index contributed by atoms with van der Waals surface area (Å²) in [5, 5.41) is 3.35. The third-order valence-electron chi connectivity index (χ3n) is 3.51. The maximum atomic E-state index is 12.5. The predicted molar refractivity (Wildman–Crippen MR) is 70.3 cm³/mol. The fraction of sp³-hybridized carbons (Fsp3) is 0.917. The zero-order valence-electron chi connectivity index (χ0n) is 10.6. The Bertz CT molecular complexity index is 275. The number of carbonyl (C=O) groups is 1. The first kappa shape index (κ1) is 13.2. The lowest BCUT2D eigenvalue weighted by molar-refractivity contribution is -0.137. The van der Waals surface area contributed by atoms with Crippen molar-refractivity contribution in [1.82, 2.24) is 10.2 Å². The lowest BCUT2D eigenvalue weighted by Crippen LogP contribution is -2.51. The van der Waals surface area contributed by atoms with Crippen LogP contribution in [0.4, 0.5) is 0 Å². The first-order chi connectivity index (χ1) is 8.24. The average Bonchev–Trinajstić information content (AvgIpc) is 2.78. The molecule has 1 N–H and O–H groups in total. The molecule has 2 saturated heterocycles. The van der Waals surface area contributed by atoms with Gasteiger partial charge in [0.25, 0.3) is 0 Å². The quantitative estimate of drug-likeness (QED) is 0.804. The van der Waals surface area contributed by atoms with Crippen LogP contribution in [0.5, 0.6) is 0 Å². The molecule has 2 aliphatic heterocycles. The molecule has 2 fully saturated rings. The number of amides is 1. The number of nitrogens with one attached hydrogen (secondary N) is 1. The number of hydrogen-bond acceptors (Lipinski definition) is 4. The highest BCUT2D eigenvalue weighted by Gasteiger charge is 2.37. The highest BCUT2D eigenvalue weighted by Crippen LogP contribution is 2.22. The van der Waals surface area contributed by atoms with Gasteiger partial charge in [0.1, 0.15) is 0 Å². The van der Waals surface area contributed by atoms with E-state index in [0.29, 0.717) is 19.3 Å². The van der Waals surface area contributed by atoms with Crippen LogP contribution in [0, 0.1) is 5.92 Å². The fourth-order valence-corrected chi connectivity index (χ4v) is 3.54. The summed E-state index contributed by atoms with van der Waals surface area (Å²) in [4.78, 5) is 14.5. The topological polar surface area (TPSA) is 41.6 Å². The second-order valence-corrected chi connectivity index (χ2v) is 5.91. The highest BCUT2D eigenvalue weighted by atomic mass is 32.2. The fourth-order valence-electron chi connectivity index (χ4n) is 2.53. The van der Waals surface area contributed by atoms with Gasteiger partial charge in [0.2, 0.25) is 5.91 Å². The largest absolute Gasteiger partial charge is 0.379 e. The predicted octanol–water partition coefficient (Wildman–Crippen LogP) is 0.575. The summed E-state index contributed by atoms with van der Waals surface area (Å²) < 4.78 is 5.45. The number of thioether (sulfide) groups is 1. The minimum atomic E-state index is 0.0144. The summed E-state index contributed by atoms with van der Waals surface area (Å²) >= 11 is 1.94. The zero-order valence-corrected chi connectivity index (χ0v) is 11.5. The van der Waals surface area contributed by atoms with Gasteiger partial charge in [0, 0.05) is 30.1 Å². The molecule has 0 aliphatic carbocycles. The number of hydrogen-bond donors (Lipinski definition) is 1. The lowest BCUT2D eigenvalue weighted by Gasteiger charge is -2.35. The molecule has 4 nitrogen and oxygen atoms in total. The van der Waals surface area contributed by atoms with Gasteiger partial charge >= 0.3 is 0 Å². The SMILES string of the molecule is CCNC1COCC1C(=O)N1CCSCC1C. The molecular formula is C12H22N2O2S. The van der Waals surface area contributed by atoms with Crippen molar-refractivity contribution in [3.05, 3.63) is 0 Å². The zero-order chi connectivity index (χ0) is 12.3. The van der Waals surface area contributed by atoms with Crippen LogP contribution >= 0.6 is 11.8 Å². The summed E-state index contributed by atoms with van der Waals surface area (Å²) in [6, 6.07) is 0.568. The summed E-state index contributed by atoms with van der Waals surface area (Å²) in [5.41, 5.74) is 0. The molecule has 3 atom stereocenters. The van der Waals surface area contributed by atoms with Crippen LogP contribution < -0.4 is 5.32 Å². The molecule has 0 saturated carbocycles. The van der Waals surface area contributed by atoms with E-state index in [1.165, 1.54) is 0 Å². The van der Waals surface area contributed by atoms with Crippen molar-refractivity contribution in [3.8, 4) is 0 Å². The molecule has 2 rings (SSSR count). The van der Waals surface area contributed by atoms with Crippen LogP contribution in [-0.4, -0.2) is 60.7 Å². The van der Waals surface area contributed by atoms with Crippen molar-refractivity contribution in [2.24, 2.45) is 5.92 Å². The molecule has 0 spiro atoms. The van der Waals surface area contributed by atoms with Crippen LogP contribution in [0.1, 0.15) is 13.8 Å². The molecule has 17 heavy (non-hydrogen) atoms. The van der Waals surface area contributed by atoms with E-state index in [-0.39, 0.29) is 17.9 Å². The van der Waals surface area contributed by atoms with Gasteiger partial charge in [0.15, 0.2) is 0 Å². The Balaban J connectivity index is 1.97. The molecule has 1 amide bonds. The Labute approximate surface area is 107 Å². The van der Waals surface area contributed by atoms with Crippen molar-refractivity contribution < 1.29 is 9.53 Å². The number of ether oxygens (including phenoxy) is 1. The van der Waals surface area contributed by atoms with Gasteiger partial charge in [0.05, 0.1) is 19.1 Å². The monoisotopic (exact) mass is 258 g/mol. The van der Waals surface area contributed by atoms with Crippen LogP contribution in [0.3, 0.4) is 0 Å². The van der Waals surface area contributed by atoms with E-state index in [2.05, 4.69) is 19.2 Å². The van der Waals surface area contributed by atoms with Crippen molar-refractivity contribution in [2.75, 3.05) is 37.8 Å². The molecule has 0 aromatic carbocycles. The van der Waals surface area contributed by atoms with Crippen LogP contribution in [-0.2, 0) is 9.53 Å². The second kappa shape index (κ2) is 6.07. The minimum absolute atomic E-state index is 0.0144. The average molecular weight is 258 g/mol. The van der Waals surface area contributed by atoms with E-state index in [4.69, 9.17) is 4.74 Å². The smallest absolute Gasteiger partial charge is 0.229 e. The molecule has 2 heterocycles. The van der Waals surface area contributed by atoms with E-state index in [1.807, 2.05) is 16.7 Å². The summed E-state index contributed by atoms with van der Waals surface area (Å²) in [5.74, 6) is 2.42. The van der Waals surface area contributed by atoms with E-state index in [1.54, 1.807) is 0 Å². The van der Waals surface area contributed by atoms with Crippen molar-refractivity contribution in [3.63, 3.8) is 0 Å². The van der Waals surface area contributed by atoms with E-state index >= 15 is 0 Å². The van der Waals surface area contributed by atoms with E-state index < -0.39 is 0 Å². The Morgan fingerprint density at radius 3 is 3.06 bits per heavy atom. The molecule has 0 bridgehead atoms. The van der Waals surface area contributed by atoms with Gasteiger partial charge in [-0.2, -0.15) is 11.8 Å². The lowest BCUT2D eigenvalue weighted by atomic mass is 10.0. The number of likely N-dealkylation sites (N-methyl/N-ethyl adjacent to an activating group) is 1. The molecule has 5 heteroatoms. The number of rotatable bonds is 3. The summed E-state index contributed by atoms with van der Waals surface area (Å²) in [6.07, 6.45) is 0.